The van der Waals surface area contributed by atoms with Gasteiger partial charge in [-0.15, -0.1) is 0 Å². The number of fused-ring (bicyclic) bond motifs is 1. The van der Waals surface area contributed by atoms with E-state index in [1.54, 1.807) is 0 Å². The third-order valence-electron chi connectivity index (χ3n) is 5.22. The molecule has 2 nitrogen and oxygen atoms in total. The Hall–Kier alpha value is -0.600. The van der Waals surface area contributed by atoms with Gasteiger partial charge < -0.3 is 9.84 Å². The number of hydrogen-bond donors (Lipinski definition) is 1. The first-order chi connectivity index (χ1) is 7.93. The fourth-order valence-electron chi connectivity index (χ4n) is 4.06. The van der Waals surface area contributed by atoms with Crippen molar-refractivity contribution in [1.29, 1.82) is 0 Å². The lowest BCUT2D eigenvalue weighted by molar-refractivity contribution is -0.227. The summed E-state index contributed by atoms with van der Waals surface area (Å²) in [4.78, 5) is 0. The van der Waals surface area contributed by atoms with Gasteiger partial charge >= 0.3 is 0 Å². The highest BCUT2D eigenvalue weighted by Crippen LogP contribution is 2.65. The van der Waals surface area contributed by atoms with E-state index in [9.17, 15) is 5.11 Å². The Morgan fingerprint density at radius 3 is 2.76 bits per heavy atom. The summed E-state index contributed by atoms with van der Waals surface area (Å²) in [7, 11) is 0. The van der Waals surface area contributed by atoms with Crippen LogP contribution in [-0.2, 0) is 4.74 Å². The summed E-state index contributed by atoms with van der Waals surface area (Å²) in [6.45, 7) is 6.94. The van der Waals surface area contributed by atoms with Crippen LogP contribution in [0.1, 0.15) is 40.0 Å². The SMILES string of the molecule is CC1(C)C[C@@H]2C(CO)=CC=C[C@@]3(C)CC[C@]21O3. The van der Waals surface area contributed by atoms with Gasteiger partial charge in [-0.25, -0.2) is 0 Å². The van der Waals surface area contributed by atoms with Crippen LogP contribution >= 0.6 is 0 Å². The first-order valence-electron chi connectivity index (χ1n) is 6.62. The van der Waals surface area contributed by atoms with Crippen LogP contribution in [0.4, 0.5) is 0 Å². The summed E-state index contributed by atoms with van der Waals surface area (Å²) in [6, 6.07) is 0. The van der Waals surface area contributed by atoms with Crippen LogP contribution in [0.25, 0.3) is 0 Å². The molecule has 2 heteroatoms. The number of ether oxygens (including phenoxy) is 1. The molecule has 0 unspecified atom stereocenters. The largest absolute Gasteiger partial charge is 0.392 e. The van der Waals surface area contributed by atoms with Crippen LogP contribution in [0.5, 0.6) is 0 Å². The Morgan fingerprint density at radius 2 is 2.12 bits per heavy atom. The van der Waals surface area contributed by atoms with E-state index in [1.807, 2.05) is 0 Å². The molecule has 3 rings (SSSR count). The molecule has 1 spiro atoms. The molecule has 1 saturated carbocycles. The van der Waals surface area contributed by atoms with Gasteiger partial charge in [0.05, 0.1) is 17.8 Å². The third-order valence-corrected chi connectivity index (χ3v) is 5.22. The van der Waals surface area contributed by atoms with E-state index < -0.39 is 0 Å². The summed E-state index contributed by atoms with van der Waals surface area (Å²) in [5, 5.41) is 9.53. The molecule has 3 aliphatic rings. The summed E-state index contributed by atoms with van der Waals surface area (Å²) in [5.41, 5.74) is 1.23. The van der Waals surface area contributed by atoms with Gasteiger partial charge in [0.15, 0.2) is 0 Å². The van der Waals surface area contributed by atoms with Crippen molar-refractivity contribution in [2.24, 2.45) is 11.3 Å². The van der Waals surface area contributed by atoms with Crippen LogP contribution in [0.15, 0.2) is 23.8 Å². The zero-order valence-electron chi connectivity index (χ0n) is 11.0. The quantitative estimate of drug-likeness (QED) is 0.756. The lowest BCUT2D eigenvalue weighted by Crippen LogP contribution is -2.63. The highest BCUT2D eigenvalue weighted by molar-refractivity contribution is 5.32. The molecule has 17 heavy (non-hydrogen) atoms. The van der Waals surface area contributed by atoms with Crippen molar-refractivity contribution in [2.45, 2.75) is 51.2 Å². The molecule has 0 aromatic rings. The van der Waals surface area contributed by atoms with Gasteiger partial charge in [0.25, 0.3) is 0 Å². The summed E-state index contributed by atoms with van der Waals surface area (Å²) >= 11 is 0. The molecular formula is C15H22O2. The van der Waals surface area contributed by atoms with Crippen molar-refractivity contribution in [3.8, 4) is 0 Å². The maximum Gasteiger partial charge on any atom is 0.0846 e. The van der Waals surface area contributed by atoms with Gasteiger partial charge in [-0.05, 0) is 37.2 Å². The average Bonchev–Trinajstić information content (AvgIpc) is 2.64. The highest BCUT2D eigenvalue weighted by Gasteiger charge is 2.66. The Balaban J connectivity index is 2.07. The summed E-state index contributed by atoms with van der Waals surface area (Å²) in [5.74, 6) is 0.411. The minimum absolute atomic E-state index is 0.0406. The van der Waals surface area contributed by atoms with E-state index in [-0.39, 0.29) is 23.2 Å². The fraction of sp³-hybridized carbons (Fsp3) is 0.733. The predicted octanol–water partition coefficient (Wildman–Crippen LogP) is 2.83. The van der Waals surface area contributed by atoms with Crippen molar-refractivity contribution in [3.63, 3.8) is 0 Å². The van der Waals surface area contributed by atoms with Crippen LogP contribution in [0.2, 0.25) is 0 Å². The van der Waals surface area contributed by atoms with E-state index >= 15 is 0 Å². The van der Waals surface area contributed by atoms with E-state index in [0.717, 1.165) is 24.8 Å². The standard InChI is InChI=1S/C15H22O2/c1-13(2)9-12-11(10-16)5-4-6-14(3)7-8-15(12,13)17-14/h4-6,12,16H,7-10H2,1-3H3/t12-,14+,15+/m1/s1. The number of aliphatic hydroxyl groups excluding tert-OH is 1. The first kappa shape index (κ1) is 11.5. The topological polar surface area (TPSA) is 29.5 Å². The lowest BCUT2D eigenvalue weighted by Gasteiger charge is -2.61. The molecule has 2 fully saturated rings. The Bertz CT molecular complexity index is 407. The van der Waals surface area contributed by atoms with Gasteiger partial charge in [-0.3, -0.25) is 0 Å². The van der Waals surface area contributed by atoms with E-state index in [4.69, 9.17) is 4.74 Å². The van der Waals surface area contributed by atoms with Crippen molar-refractivity contribution in [2.75, 3.05) is 6.61 Å². The molecule has 0 aromatic heterocycles. The van der Waals surface area contributed by atoms with Gasteiger partial charge in [-0.2, -0.15) is 0 Å². The van der Waals surface area contributed by atoms with Crippen molar-refractivity contribution >= 4 is 0 Å². The molecule has 2 bridgehead atoms. The molecule has 0 radical (unpaired) electrons. The van der Waals surface area contributed by atoms with Crippen LogP contribution in [0, 0.1) is 11.3 Å². The molecule has 2 heterocycles. The highest BCUT2D eigenvalue weighted by atomic mass is 16.5. The van der Waals surface area contributed by atoms with E-state index in [1.165, 1.54) is 0 Å². The smallest absolute Gasteiger partial charge is 0.0846 e. The van der Waals surface area contributed by atoms with Gasteiger partial charge in [0, 0.05) is 5.92 Å². The molecular weight excluding hydrogens is 212 g/mol. The normalized spacial score (nSPS) is 46.6. The molecule has 94 valence electrons. The number of allylic oxidation sites excluding steroid dienone is 2. The molecule has 2 aliphatic heterocycles. The maximum absolute atomic E-state index is 9.53. The van der Waals surface area contributed by atoms with Crippen molar-refractivity contribution in [3.05, 3.63) is 23.8 Å². The van der Waals surface area contributed by atoms with Gasteiger partial charge in [-0.1, -0.05) is 32.1 Å². The molecule has 1 N–H and O–H groups in total. The van der Waals surface area contributed by atoms with Crippen LogP contribution in [-0.4, -0.2) is 22.9 Å². The second kappa shape index (κ2) is 3.24. The molecule has 1 saturated heterocycles. The minimum Gasteiger partial charge on any atom is -0.392 e. The van der Waals surface area contributed by atoms with Crippen LogP contribution in [0.3, 0.4) is 0 Å². The summed E-state index contributed by atoms with van der Waals surface area (Å²) in [6.07, 6.45) is 9.65. The minimum atomic E-state index is -0.104. The molecule has 3 atom stereocenters. The Kier molecular flexibility index (Phi) is 2.19. The first-order valence-corrected chi connectivity index (χ1v) is 6.62. The zero-order chi connectivity index (χ0) is 12.3. The number of rotatable bonds is 1. The maximum atomic E-state index is 9.53. The van der Waals surface area contributed by atoms with E-state index in [0.29, 0.717) is 5.92 Å². The lowest BCUT2D eigenvalue weighted by atomic mass is 9.49. The molecule has 0 amide bonds. The molecule has 0 aromatic carbocycles. The van der Waals surface area contributed by atoms with E-state index in [2.05, 4.69) is 39.0 Å². The van der Waals surface area contributed by atoms with Gasteiger partial charge in [0.1, 0.15) is 0 Å². The molecule has 1 aliphatic carbocycles. The number of hydrogen-bond acceptors (Lipinski definition) is 2. The summed E-state index contributed by atoms with van der Waals surface area (Å²) < 4.78 is 6.48. The van der Waals surface area contributed by atoms with Gasteiger partial charge in [0.2, 0.25) is 0 Å². The zero-order valence-corrected chi connectivity index (χ0v) is 11.0. The third kappa shape index (κ3) is 1.34. The number of aliphatic hydroxyl groups is 1. The van der Waals surface area contributed by atoms with Crippen molar-refractivity contribution in [1.82, 2.24) is 0 Å². The second-order valence-corrected chi connectivity index (χ2v) is 6.70. The Morgan fingerprint density at radius 1 is 1.35 bits per heavy atom. The van der Waals surface area contributed by atoms with Crippen molar-refractivity contribution < 1.29 is 9.84 Å². The van der Waals surface area contributed by atoms with Crippen LogP contribution < -0.4 is 0 Å². The average molecular weight is 234 g/mol. The fourth-order valence-corrected chi connectivity index (χ4v) is 4.06. The predicted molar refractivity (Wildman–Crippen MR) is 67.7 cm³/mol. The second-order valence-electron chi connectivity index (χ2n) is 6.70. The monoisotopic (exact) mass is 234 g/mol. The Labute approximate surface area is 103 Å².